The molecule has 2 aliphatic heterocycles. The van der Waals surface area contributed by atoms with Crippen LogP contribution in [0.3, 0.4) is 0 Å². The van der Waals surface area contributed by atoms with Crippen molar-refractivity contribution in [2.75, 3.05) is 56.2 Å². The summed E-state index contributed by atoms with van der Waals surface area (Å²) in [5.74, 6) is -0.249. The van der Waals surface area contributed by atoms with Crippen LogP contribution in [-0.2, 0) is 22.5 Å². The van der Waals surface area contributed by atoms with Gasteiger partial charge in [0.05, 0.1) is 30.0 Å². The van der Waals surface area contributed by atoms with E-state index in [0.717, 1.165) is 64.3 Å². The van der Waals surface area contributed by atoms with Crippen molar-refractivity contribution >= 4 is 50.3 Å². The summed E-state index contributed by atoms with van der Waals surface area (Å²) in [6.45, 7) is 13.0. The van der Waals surface area contributed by atoms with Gasteiger partial charge in [-0.3, -0.25) is 19.8 Å². The number of esters is 1. The molecule has 0 unspecified atom stereocenters. The SMILES string of the molecule is CCOC(=O)CN1[C@H](C)CN(CCCOc2ccc(-c3ccc(N4CCc5cccc(C(=O)Nc6nc7ccccc7s6)c5C4)nc3C(=O)O)c(C)c2)C[C@@H]1C. The lowest BCUT2D eigenvalue weighted by atomic mass is 9.94. The van der Waals surface area contributed by atoms with Crippen molar-refractivity contribution in [2.45, 2.75) is 59.2 Å². The average Bonchev–Trinajstić information content (AvgIpc) is 3.60. The monoisotopic (exact) mass is 776 g/mol. The van der Waals surface area contributed by atoms with Crippen molar-refractivity contribution in [1.29, 1.82) is 0 Å². The number of thiazole rings is 1. The Hall–Kier alpha value is -5.37. The molecule has 0 saturated carbocycles. The molecule has 1 amide bonds. The summed E-state index contributed by atoms with van der Waals surface area (Å²) in [6.07, 6.45) is 1.54. The average molecular weight is 777 g/mol. The number of carbonyl (C=O) groups is 3. The number of rotatable bonds is 13. The summed E-state index contributed by atoms with van der Waals surface area (Å²) in [6, 6.07) is 23.4. The number of pyridine rings is 1. The van der Waals surface area contributed by atoms with Crippen molar-refractivity contribution in [3.8, 4) is 16.9 Å². The van der Waals surface area contributed by atoms with E-state index in [-0.39, 0.29) is 29.7 Å². The molecule has 12 nitrogen and oxygen atoms in total. The molecule has 0 aliphatic carbocycles. The molecule has 2 N–H and O–H groups in total. The van der Waals surface area contributed by atoms with E-state index in [0.29, 0.717) is 61.3 Å². The van der Waals surface area contributed by atoms with Crippen LogP contribution in [-0.4, -0.2) is 101 Å². The molecule has 1 fully saturated rings. The molecule has 1 saturated heterocycles. The summed E-state index contributed by atoms with van der Waals surface area (Å²) in [5.41, 5.74) is 5.54. The predicted octanol–water partition coefficient (Wildman–Crippen LogP) is 6.91. The number of aromatic nitrogens is 2. The number of piperazine rings is 1. The third-order valence-electron chi connectivity index (χ3n) is 10.6. The summed E-state index contributed by atoms with van der Waals surface area (Å²) in [4.78, 5) is 54.1. The van der Waals surface area contributed by atoms with Gasteiger partial charge in [0.15, 0.2) is 10.8 Å². The Morgan fingerprint density at radius 2 is 1.75 bits per heavy atom. The molecule has 7 rings (SSSR count). The van der Waals surface area contributed by atoms with Gasteiger partial charge in [-0.15, -0.1) is 0 Å². The standard InChI is InChI=1S/C43H48N6O6S/c1-5-54-39(50)26-49-28(3)23-47(24-29(49)4)19-9-21-55-31-14-15-32(27(2)22-31)33-16-17-38(45-40(33)42(52)53)48-20-18-30-10-8-11-34(35(30)25-48)41(51)46-43-44-36-12-6-7-13-37(36)56-43/h6-8,10-17,22,28-29H,5,9,18-21,23-26H2,1-4H3,(H,52,53)(H,44,46,51)/t28-,29+. The minimum absolute atomic E-state index is 0.0299. The number of aromatic carboxylic acids is 1. The third kappa shape index (κ3) is 8.70. The highest BCUT2D eigenvalue weighted by Gasteiger charge is 2.31. The minimum Gasteiger partial charge on any atom is -0.494 e. The fourth-order valence-corrected chi connectivity index (χ4v) is 8.77. The van der Waals surface area contributed by atoms with E-state index in [1.165, 1.54) is 11.3 Å². The number of benzene rings is 3. The third-order valence-corrected chi connectivity index (χ3v) is 11.6. The van der Waals surface area contributed by atoms with Gasteiger partial charge >= 0.3 is 11.9 Å². The molecule has 0 bridgehead atoms. The van der Waals surface area contributed by atoms with E-state index >= 15 is 0 Å². The fraction of sp³-hybridized carbons (Fsp3) is 0.372. The van der Waals surface area contributed by atoms with Crippen LogP contribution in [0.25, 0.3) is 21.3 Å². The highest BCUT2D eigenvalue weighted by atomic mass is 32.1. The summed E-state index contributed by atoms with van der Waals surface area (Å²) in [7, 11) is 0. The van der Waals surface area contributed by atoms with E-state index < -0.39 is 5.97 Å². The number of nitrogens with zero attached hydrogens (tertiary/aromatic N) is 5. The summed E-state index contributed by atoms with van der Waals surface area (Å²) < 4.78 is 12.3. The molecular weight excluding hydrogens is 729 g/mol. The highest BCUT2D eigenvalue weighted by Crippen LogP contribution is 2.33. The first-order chi connectivity index (χ1) is 27.1. The zero-order valence-electron chi connectivity index (χ0n) is 32.3. The number of para-hydroxylation sites is 1. The van der Waals surface area contributed by atoms with Gasteiger partial charge in [0.2, 0.25) is 0 Å². The molecule has 13 heteroatoms. The van der Waals surface area contributed by atoms with Crippen LogP contribution in [0.5, 0.6) is 5.75 Å². The lowest BCUT2D eigenvalue weighted by Gasteiger charge is -2.44. The Labute approximate surface area is 331 Å². The lowest BCUT2D eigenvalue weighted by molar-refractivity contribution is -0.146. The Balaban J connectivity index is 0.980. The van der Waals surface area contributed by atoms with Crippen LogP contribution in [0.15, 0.2) is 72.8 Å². The number of anilines is 2. The fourth-order valence-electron chi connectivity index (χ4n) is 7.91. The molecule has 5 aromatic rings. The normalized spacial score (nSPS) is 17.4. The van der Waals surface area contributed by atoms with E-state index in [1.54, 1.807) is 0 Å². The van der Waals surface area contributed by atoms with Gasteiger partial charge in [-0.25, -0.2) is 14.8 Å². The molecule has 3 aromatic carbocycles. The Kier molecular flexibility index (Phi) is 11.9. The van der Waals surface area contributed by atoms with E-state index in [2.05, 4.69) is 38.9 Å². The van der Waals surface area contributed by atoms with Gasteiger partial charge < -0.3 is 24.4 Å². The van der Waals surface area contributed by atoms with Crippen LogP contribution in [0.4, 0.5) is 10.9 Å². The lowest BCUT2D eigenvalue weighted by Crippen LogP contribution is -2.58. The Bertz CT molecular complexity index is 2200. The Morgan fingerprint density at radius 3 is 2.50 bits per heavy atom. The van der Waals surface area contributed by atoms with Gasteiger partial charge in [-0.05, 0) is 105 Å². The number of fused-ring (bicyclic) bond motifs is 2. The smallest absolute Gasteiger partial charge is 0.355 e. The minimum atomic E-state index is -1.11. The number of nitrogens with one attached hydrogen (secondary N) is 1. The quantitative estimate of drug-likeness (QED) is 0.0954. The van der Waals surface area contributed by atoms with Gasteiger partial charge in [-0.2, -0.15) is 0 Å². The number of ether oxygens (including phenoxy) is 2. The van der Waals surface area contributed by atoms with Crippen LogP contribution in [0.1, 0.15) is 64.7 Å². The molecule has 56 heavy (non-hydrogen) atoms. The van der Waals surface area contributed by atoms with Gasteiger partial charge in [0.25, 0.3) is 5.91 Å². The van der Waals surface area contributed by atoms with Crippen molar-refractivity contribution in [2.24, 2.45) is 0 Å². The molecular formula is C43H48N6O6S. The first-order valence-electron chi connectivity index (χ1n) is 19.2. The van der Waals surface area contributed by atoms with Crippen LogP contribution in [0, 0.1) is 6.92 Å². The number of carboxylic acids is 1. The second-order valence-corrected chi connectivity index (χ2v) is 15.6. The van der Waals surface area contributed by atoms with Gasteiger partial charge in [0, 0.05) is 55.9 Å². The number of amides is 1. The van der Waals surface area contributed by atoms with Crippen LogP contribution >= 0.6 is 11.3 Å². The van der Waals surface area contributed by atoms with Crippen molar-refractivity contribution < 1.29 is 29.0 Å². The van der Waals surface area contributed by atoms with Gasteiger partial charge in [-0.1, -0.05) is 41.7 Å². The molecule has 2 aliphatic rings. The maximum absolute atomic E-state index is 13.5. The zero-order valence-corrected chi connectivity index (χ0v) is 33.1. The van der Waals surface area contributed by atoms with Crippen molar-refractivity contribution in [3.05, 3.63) is 101 Å². The molecule has 0 spiro atoms. The molecule has 2 atom stereocenters. The molecule has 292 valence electrons. The molecule has 4 heterocycles. The second kappa shape index (κ2) is 17.2. The maximum atomic E-state index is 13.5. The number of hydrogen-bond acceptors (Lipinski definition) is 11. The molecule has 0 radical (unpaired) electrons. The number of aryl methyl sites for hydroxylation is 1. The predicted molar refractivity (Wildman–Crippen MR) is 219 cm³/mol. The number of hydrogen-bond donors (Lipinski definition) is 2. The van der Waals surface area contributed by atoms with Crippen LogP contribution in [0.2, 0.25) is 0 Å². The highest BCUT2D eigenvalue weighted by molar-refractivity contribution is 7.22. The van der Waals surface area contributed by atoms with Crippen molar-refractivity contribution in [1.82, 2.24) is 19.8 Å². The van der Waals surface area contributed by atoms with Crippen molar-refractivity contribution in [3.63, 3.8) is 0 Å². The summed E-state index contributed by atoms with van der Waals surface area (Å²) >= 11 is 1.43. The Morgan fingerprint density at radius 1 is 0.964 bits per heavy atom. The van der Waals surface area contributed by atoms with E-state index in [4.69, 9.17) is 9.47 Å². The largest absolute Gasteiger partial charge is 0.494 e. The topological polar surface area (TPSA) is 137 Å². The van der Waals surface area contributed by atoms with Crippen LogP contribution < -0.4 is 15.0 Å². The maximum Gasteiger partial charge on any atom is 0.355 e. The molecule has 2 aromatic heterocycles. The number of carboxylic acid groups (broad SMARTS) is 1. The first kappa shape index (κ1) is 38.9. The summed E-state index contributed by atoms with van der Waals surface area (Å²) in [5, 5.41) is 13.9. The second-order valence-electron chi connectivity index (χ2n) is 14.5. The number of carbonyl (C=O) groups excluding carboxylic acids is 2. The van der Waals surface area contributed by atoms with E-state index in [9.17, 15) is 19.5 Å². The van der Waals surface area contributed by atoms with E-state index in [1.807, 2.05) is 91.5 Å². The van der Waals surface area contributed by atoms with Gasteiger partial charge in [0.1, 0.15) is 11.6 Å². The zero-order chi connectivity index (χ0) is 39.3. The first-order valence-corrected chi connectivity index (χ1v) is 20.0.